The van der Waals surface area contributed by atoms with Crippen molar-refractivity contribution in [3.63, 3.8) is 0 Å². The molecule has 2 aromatic rings. The zero-order valence-electron chi connectivity index (χ0n) is 13.0. The quantitative estimate of drug-likeness (QED) is 0.617. The summed E-state index contributed by atoms with van der Waals surface area (Å²) in [6, 6.07) is 11.1. The van der Waals surface area contributed by atoms with E-state index >= 15 is 0 Å². The highest BCUT2D eigenvalue weighted by Crippen LogP contribution is 2.20. The number of rotatable bonds is 5. The van der Waals surface area contributed by atoms with E-state index in [0.717, 1.165) is 32.5 Å². The Balaban J connectivity index is 2.13. The summed E-state index contributed by atoms with van der Waals surface area (Å²) < 4.78 is 6.82. The molecular weight excluding hydrogens is 358 g/mol. The molecule has 0 aliphatic heterocycles. The fraction of sp³-hybridized carbons (Fsp3) is 0.176. The lowest BCUT2D eigenvalue weighted by molar-refractivity contribution is 0.249. The molecule has 0 radical (unpaired) electrons. The Hall–Kier alpha value is -2.34. The molecule has 3 N–H and O–H groups in total. The molecule has 0 aromatic heterocycles. The SMILES string of the molecule is Cc1cc(C)c(COc2ccc(Br)cc2)cc1/C=N\NC(N)=O. The van der Waals surface area contributed by atoms with Crippen LogP contribution in [0.25, 0.3) is 0 Å². The predicted octanol–water partition coefficient (Wildman–Crippen LogP) is 3.65. The molecule has 0 saturated carbocycles. The summed E-state index contributed by atoms with van der Waals surface area (Å²) in [7, 11) is 0. The number of amides is 2. The summed E-state index contributed by atoms with van der Waals surface area (Å²) in [5, 5.41) is 3.81. The van der Waals surface area contributed by atoms with Crippen molar-refractivity contribution in [1.82, 2.24) is 5.43 Å². The van der Waals surface area contributed by atoms with Gasteiger partial charge in [-0.3, -0.25) is 0 Å². The third-order valence-corrected chi connectivity index (χ3v) is 3.84. The van der Waals surface area contributed by atoms with Gasteiger partial charge in [0.1, 0.15) is 12.4 Å². The smallest absolute Gasteiger partial charge is 0.332 e. The van der Waals surface area contributed by atoms with Gasteiger partial charge in [0.15, 0.2) is 0 Å². The summed E-state index contributed by atoms with van der Waals surface area (Å²) in [6.45, 7) is 4.48. The van der Waals surface area contributed by atoms with Crippen molar-refractivity contribution in [2.45, 2.75) is 20.5 Å². The maximum Gasteiger partial charge on any atom is 0.332 e. The summed E-state index contributed by atoms with van der Waals surface area (Å²) in [5.74, 6) is 0.804. The van der Waals surface area contributed by atoms with Crippen LogP contribution in [0.4, 0.5) is 4.79 Å². The van der Waals surface area contributed by atoms with Crippen LogP contribution in [0.3, 0.4) is 0 Å². The first-order chi connectivity index (χ1) is 11.0. The number of hydrogen-bond donors (Lipinski definition) is 2. The lowest BCUT2D eigenvalue weighted by Gasteiger charge is -2.11. The number of urea groups is 1. The van der Waals surface area contributed by atoms with E-state index in [9.17, 15) is 4.79 Å². The molecule has 0 bridgehead atoms. The van der Waals surface area contributed by atoms with Gasteiger partial charge in [-0.1, -0.05) is 22.0 Å². The van der Waals surface area contributed by atoms with Crippen LogP contribution in [-0.2, 0) is 6.61 Å². The number of carbonyl (C=O) groups is 1. The molecule has 0 aliphatic rings. The molecule has 2 rings (SSSR count). The lowest BCUT2D eigenvalue weighted by atomic mass is 10.0. The molecular formula is C17H18BrN3O2. The van der Waals surface area contributed by atoms with Gasteiger partial charge in [0.25, 0.3) is 0 Å². The average Bonchev–Trinajstić information content (AvgIpc) is 2.49. The number of hydrazone groups is 1. The molecule has 0 spiro atoms. The van der Waals surface area contributed by atoms with Gasteiger partial charge >= 0.3 is 6.03 Å². The van der Waals surface area contributed by atoms with Gasteiger partial charge in [-0.05, 0) is 66.4 Å². The molecule has 23 heavy (non-hydrogen) atoms. The van der Waals surface area contributed by atoms with Crippen molar-refractivity contribution < 1.29 is 9.53 Å². The van der Waals surface area contributed by atoms with Crippen molar-refractivity contribution in [2.75, 3.05) is 0 Å². The second-order valence-electron chi connectivity index (χ2n) is 5.11. The van der Waals surface area contributed by atoms with E-state index in [1.165, 1.54) is 0 Å². The number of nitrogens with zero attached hydrogens (tertiary/aromatic N) is 1. The molecule has 120 valence electrons. The summed E-state index contributed by atoms with van der Waals surface area (Å²) >= 11 is 3.40. The monoisotopic (exact) mass is 375 g/mol. The minimum absolute atomic E-state index is 0.456. The topological polar surface area (TPSA) is 76.7 Å². The number of aryl methyl sites for hydroxylation is 2. The van der Waals surface area contributed by atoms with Crippen LogP contribution in [-0.4, -0.2) is 12.2 Å². The number of halogens is 1. The van der Waals surface area contributed by atoms with Crippen LogP contribution in [0.1, 0.15) is 22.3 Å². The number of nitrogens with two attached hydrogens (primary N) is 1. The van der Waals surface area contributed by atoms with E-state index in [1.807, 2.05) is 44.2 Å². The normalized spacial score (nSPS) is 10.7. The molecule has 0 fully saturated rings. The number of nitrogens with one attached hydrogen (secondary N) is 1. The number of benzene rings is 2. The van der Waals surface area contributed by atoms with Crippen molar-refractivity contribution in [1.29, 1.82) is 0 Å². The Labute approximate surface area is 143 Å². The van der Waals surface area contributed by atoms with Crippen LogP contribution >= 0.6 is 15.9 Å². The van der Waals surface area contributed by atoms with Gasteiger partial charge in [0, 0.05) is 4.47 Å². The lowest BCUT2D eigenvalue weighted by Crippen LogP contribution is -2.24. The fourth-order valence-electron chi connectivity index (χ4n) is 2.07. The maximum atomic E-state index is 10.7. The Morgan fingerprint density at radius 3 is 2.61 bits per heavy atom. The zero-order valence-corrected chi connectivity index (χ0v) is 14.6. The number of carbonyl (C=O) groups excluding carboxylic acids is 1. The van der Waals surface area contributed by atoms with E-state index < -0.39 is 6.03 Å². The fourth-order valence-corrected chi connectivity index (χ4v) is 2.33. The van der Waals surface area contributed by atoms with E-state index in [4.69, 9.17) is 10.5 Å². The largest absolute Gasteiger partial charge is 0.489 e. The second-order valence-corrected chi connectivity index (χ2v) is 6.03. The van der Waals surface area contributed by atoms with E-state index in [-0.39, 0.29) is 0 Å². The highest BCUT2D eigenvalue weighted by Gasteiger charge is 2.05. The second kappa shape index (κ2) is 7.78. The average molecular weight is 376 g/mol. The van der Waals surface area contributed by atoms with Crippen LogP contribution in [0.5, 0.6) is 5.75 Å². The van der Waals surface area contributed by atoms with Crippen molar-refractivity contribution in [2.24, 2.45) is 10.8 Å². The van der Waals surface area contributed by atoms with Gasteiger partial charge in [-0.2, -0.15) is 5.10 Å². The Kier molecular flexibility index (Phi) is 5.76. The van der Waals surface area contributed by atoms with E-state index in [0.29, 0.717) is 6.61 Å². The highest BCUT2D eigenvalue weighted by atomic mass is 79.9. The molecule has 2 aromatic carbocycles. The predicted molar refractivity (Wildman–Crippen MR) is 94.7 cm³/mol. The van der Waals surface area contributed by atoms with Gasteiger partial charge in [-0.25, -0.2) is 10.2 Å². The van der Waals surface area contributed by atoms with Gasteiger partial charge in [0.2, 0.25) is 0 Å². The van der Waals surface area contributed by atoms with Crippen LogP contribution < -0.4 is 15.9 Å². The third kappa shape index (κ3) is 5.10. The standard InChI is InChI=1S/C17H18BrN3O2/c1-11-7-12(2)14(8-13(11)9-20-21-17(19)22)10-23-16-5-3-15(18)4-6-16/h3-9H,10H2,1-2H3,(H3,19,21,22)/b20-9-. The first-order valence-electron chi connectivity index (χ1n) is 7.02. The van der Waals surface area contributed by atoms with Crippen LogP contribution in [0, 0.1) is 13.8 Å². The first kappa shape index (κ1) is 17.0. The Bertz CT molecular complexity index is 727. The van der Waals surface area contributed by atoms with Gasteiger partial charge in [-0.15, -0.1) is 0 Å². The molecule has 0 atom stereocenters. The summed E-state index contributed by atoms with van der Waals surface area (Å²) in [5.41, 5.74) is 11.3. The highest BCUT2D eigenvalue weighted by molar-refractivity contribution is 9.10. The van der Waals surface area contributed by atoms with Crippen molar-refractivity contribution >= 4 is 28.2 Å². The Morgan fingerprint density at radius 1 is 1.26 bits per heavy atom. The van der Waals surface area contributed by atoms with E-state index in [2.05, 4.69) is 32.5 Å². The minimum Gasteiger partial charge on any atom is -0.489 e. The molecule has 5 nitrogen and oxygen atoms in total. The van der Waals surface area contributed by atoms with Gasteiger partial charge < -0.3 is 10.5 Å². The summed E-state index contributed by atoms with van der Waals surface area (Å²) in [6.07, 6.45) is 1.57. The molecule has 2 amide bonds. The molecule has 6 heteroatoms. The van der Waals surface area contributed by atoms with Gasteiger partial charge in [0.05, 0.1) is 6.21 Å². The Morgan fingerprint density at radius 2 is 1.96 bits per heavy atom. The van der Waals surface area contributed by atoms with Crippen LogP contribution in [0.15, 0.2) is 46.0 Å². The molecule has 0 aliphatic carbocycles. The summed E-state index contributed by atoms with van der Waals surface area (Å²) in [4.78, 5) is 10.7. The van der Waals surface area contributed by atoms with Crippen molar-refractivity contribution in [3.8, 4) is 5.75 Å². The number of ether oxygens (including phenoxy) is 1. The zero-order chi connectivity index (χ0) is 16.8. The molecule has 0 heterocycles. The first-order valence-corrected chi connectivity index (χ1v) is 7.82. The third-order valence-electron chi connectivity index (χ3n) is 3.31. The molecule has 0 saturated heterocycles. The molecule has 0 unspecified atom stereocenters. The van der Waals surface area contributed by atoms with E-state index in [1.54, 1.807) is 6.21 Å². The number of primary amides is 1. The maximum absolute atomic E-state index is 10.7. The number of hydrogen-bond acceptors (Lipinski definition) is 3. The van der Waals surface area contributed by atoms with Crippen LogP contribution in [0.2, 0.25) is 0 Å². The minimum atomic E-state index is -0.690. The van der Waals surface area contributed by atoms with Crippen molar-refractivity contribution in [3.05, 3.63) is 63.1 Å².